The van der Waals surface area contributed by atoms with Gasteiger partial charge in [-0.1, -0.05) is 32.0 Å². The molecule has 9 aliphatic rings. The summed E-state index contributed by atoms with van der Waals surface area (Å²) < 4.78 is 86.2. The number of aliphatic hydroxyl groups is 12. The Hall–Kier alpha value is -2.31. The van der Waals surface area contributed by atoms with Crippen molar-refractivity contribution in [3.63, 3.8) is 0 Å². The minimum atomic E-state index is -1.90. The van der Waals surface area contributed by atoms with Gasteiger partial charge in [0.05, 0.1) is 72.5 Å². The number of fused-ring (bicyclic) bond motifs is 5. The van der Waals surface area contributed by atoms with Crippen molar-refractivity contribution < 1.29 is 132 Å². The molecule has 27 nitrogen and oxygen atoms in total. The van der Waals surface area contributed by atoms with E-state index >= 15 is 0 Å². The number of hydrogen-bond donors (Lipinski definition) is 12. The zero-order chi connectivity index (χ0) is 63.7. The maximum absolute atomic E-state index is 13.8. The molecule has 10 rings (SSSR count). The van der Waals surface area contributed by atoms with Crippen LogP contribution in [-0.4, -0.2) is 278 Å². The topological polar surface area (TPSA) is 389 Å². The minimum Gasteiger partial charge on any atom is -0.458 e. The zero-order valence-corrected chi connectivity index (χ0v) is 51.5. The Morgan fingerprint density at radius 2 is 1.14 bits per heavy atom. The third kappa shape index (κ3) is 11.9. The van der Waals surface area contributed by atoms with E-state index in [-0.39, 0.29) is 44.1 Å². The Labute approximate surface area is 512 Å². The van der Waals surface area contributed by atoms with Crippen LogP contribution in [-0.2, 0) is 66.3 Å². The molecule has 5 saturated heterocycles. The lowest BCUT2D eigenvalue weighted by Crippen LogP contribution is -2.79. The maximum atomic E-state index is 13.8. The van der Waals surface area contributed by atoms with Gasteiger partial charge >= 0.3 is 5.97 Å². The summed E-state index contributed by atoms with van der Waals surface area (Å²) in [6.45, 7) is 8.98. The van der Waals surface area contributed by atoms with Crippen LogP contribution < -0.4 is 0 Å². The molecule has 4 aliphatic carbocycles. The van der Waals surface area contributed by atoms with Crippen LogP contribution in [0.4, 0.5) is 0 Å². The Morgan fingerprint density at radius 1 is 0.580 bits per heavy atom. The fourth-order valence-electron chi connectivity index (χ4n) is 16.9. The highest BCUT2D eigenvalue weighted by Gasteiger charge is 2.82. The molecule has 4 saturated carbocycles. The number of rotatable bonds is 18. The second kappa shape index (κ2) is 26.8. The molecule has 502 valence electrons. The van der Waals surface area contributed by atoms with Gasteiger partial charge in [-0.25, -0.2) is 4.79 Å². The molecular formula is C61H96O27. The molecule has 0 bridgehead atoms. The monoisotopic (exact) mass is 1260 g/mol. The average molecular weight is 1260 g/mol. The first-order valence-electron chi connectivity index (χ1n) is 31.2. The Kier molecular flexibility index (Phi) is 20.9. The molecule has 0 radical (unpaired) electrons. The van der Waals surface area contributed by atoms with E-state index < -0.39 is 206 Å². The van der Waals surface area contributed by atoms with Crippen molar-refractivity contribution in [3.8, 4) is 0 Å². The van der Waals surface area contributed by atoms with Crippen molar-refractivity contribution in [1.82, 2.24) is 0 Å². The van der Waals surface area contributed by atoms with E-state index in [1.54, 1.807) is 58.2 Å². The van der Waals surface area contributed by atoms with Crippen LogP contribution in [0.3, 0.4) is 0 Å². The predicted molar refractivity (Wildman–Crippen MR) is 299 cm³/mol. The third-order valence-electron chi connectivity index (χ3n) is 22.2. The normalized spacial score (nSPS) is 51.8. The number of aliphatic hydroxyl groups excluding tert-OH is 9. The highest BCUT2D eigenvalue weighted by molar-refractivity contribution is 5.89. The fraction of sp³-hybridized carbons (Fsp3) is 0.885. The predicted octanol–water partition coefficient (Wildman–Crippen LogP) is -1.21. The quantitative estimate of drug-likeness (QED) is 0.0606. The molecule has 1 aromatic rings. The number of carbonyl (C=O) groups is 1. The SMILES string of the molecule is CO[C@@H]1[C@@H](O)[C@H](O[C@@H]2[C@@H](C)O[C@@H](O[C@@H]3[C@@H](C)O[C@@H](O[C@@H]4CC[C@@]5(C)[C@H](CC[C@]6(O)[C@@H]5C[C@@H](OC(=O)c5ccccc5)[C@@]5(C)[C@]6(O)CC[C@@]5(O)[C@H](C)O)C4)C[C@H]3OC)C[C@H]2OC)O[C@H](C)[C@H]1O[C@@H]1O[C@@H](CO)[C@@H](O[C@@H]2O[C@@H](CO)[C@@H](O)[C@H](O)[C@H]2O)[C@H](O)[C@H]1O. The largest absolute Gasteiger partial charge is 0.458 e. The number of hydrogen-bond acceptors (Lipinski definition) is 27. The molecule has 5 aliphatic heterocycles. The molecule has 5 heterocycles. The molecule has 0 amide bonds. The Morgan fingerprint density at radius 3 is 1.74 bits per heavy atom. The molecule has 0 spiro atoms. The van der Waals surface area contributed by atoms with Gasteiger partial charge in [-0.15, -0.1) is 0 Å². The lowest BCUT2D eigenvalue weighted by Gasteiger charge is -2.69. The van der Waals surface area contributed by atoms with Crippen molar-refractivity contribution >= 4 is 5.97 Å². The minimum absolute atomic E-state index is 0.00589. The van der Waals surface area contributed by atoms with Crippen molar-refractivity contribution in [1.29, 1.82) is 0 Å². The Bertz CT molecular complexity index is 2470. The lowest BCUT2D eigenvalue weighted by atomic mass is 9.40. The summed E-state index contributed by atoms with van der Waals surface area (Å²) in [4.78, 5) is 13.8. The molecule has 33 atom stereocenters. The van der Waals surface area contributed by atoms with Crippen LogP contribution in [0.1, 0.15) is 116 Å². The van der Waals surface area contributed by atoms with E-state index in [0.717, 1.165) is 0 Å². The zero-order valence-electron chi connectivity index (χ0n) is 51.5. The van der Waals surface area contributed by atoms with Crippen molar-refractivity contribution in [2.45, 2.75) is 282 Å². The van der Waals surface area contributed by atoms with E-state index in [0.29, 0.717) is 37.7 Å². The van der Waals surface area contributed by atoms with E-state index in [4.69, 9.17) is 66.3 Å². The van der Waals surface area contributed by atoms with Gasteiger partial charge in [0, 0.05) is 34.2 Å². The van der Waals surface area contributed by atoms with Crippen LogP contribution in [0.5, 0.6) is 0 Å². The summed E-state index contributed by atoms with van der Waals surface area (Å²) in [7, 11) is 4.43. The van der Waals surface area contributed by atoms with Gasteiger partial charge in [0.15, 0.2) is 31.5 Å². The number of benzene rings is 1. The smallest absolute Gasteiger partial charge is 0.338 e. The van der Waals surface area contributed by atoms with Gasteiger partial charge in [-0.3, -0.25) is 0 Å². The first-order valence-corrected chi connectivity index (χ1v) is 31.2. The first-order chi connectivity index (χ1) is 41.7. The lowest BCUT2D eigenvalue weighted by molar-refractivity contribution is -0.385. The molecule has 1 aromatic carbocycles. The summed E-state index contributed by atoms with van der Waals surface area (Å²) in [5, 5.41) is 135. The molecule has 0 unspecified atom stereocenters. The molecule has 88 heavy (non-hydrogen) atoms. The Balaban J connectivity index is 0.730. The van der Waals surface area contributed by atoms with E-state index in [1.807, 2.05) is 6.92 Å². The highest BCUT2D eigenvalue weighted by Crippen LogP contribution is 2.72. The van der Waals surface area contributed by atoms with Gasteiger partial charge in [-0.2, -0.15) is 0 Å². The molecule has 12 N–H and O–H groups in total. The number of carbonyl (C=O) groups excluding carboxylic acids is 1. The molecular weight excluding hydrogens is 1160 g/mol. The van der Waals surface area contributed by atoms with Crippen LogP contribution in [0.15, 0.2) is 30.3 Å². The third-order valence-corrected chi connectivity index (χ3v) is 22.2. The second-order valence-electron chi connectivity index (χ2n) is 26.7. The molecule has 9 fully saturated rings. The van der Waals surface area contributed by atoms with Crippen LogP contribution >= 0.6 is 0 Å². The molecule has 0 aromatic heterocycles. The van der Waals surface area contributed by atoms with Gasteiger partial charge < -0.3 is 128 Å². The summed E-state index contributed by atoms with van der Waals surface area (Å²) >= 11 is 0. The summed E-state index contributed by atoms with van der Waals surface area (Å²) in [6, 6.07) is 8.52. The summed E-state index contributed by atoms with van der Waals surface area (Å²) in [6.07, 6.45) is -27.4. The van der Waals surface area contributed by atoms with Gasteiger partial charge in [0.2, 0.25) is 0 Å². The van der Waals surface area contributed by atoms with Crippen LogP contribution in [0, 0.1) is 22.7 Å². The number of ether oxygens (including phenoxy) is 14. The van der Waals surface area contributed by atoms with Crippen LogP contribution in [0.25, 0.3) is 0 Å². The van der Waals surface area contributed by atoms with Gasteiger partial charge in [0.1, 0.15) is 96.7 Å². The number of esters is 1. The number of methoxy groups -OCH3 is 3. The summed E-state index contributed by atoms with van der Waals surface area (Å²) in [5.74, 6) is -1.10. The van der Waals surface area contributed by atoms with Crippen molar-refractivity contribution in [3.05, 3.63) is 35.9 Å². The second-order valence-corrected chi connectivity index (χ2v) is 26.7. The van der Waals surface area contributed by atoms with Crippen molar-refractivity contribution in [2.24, 2.45) is 22.7 Å². The van der Waals surface area contributed by atoms with Crippen molar-refractivity contribution in [2.75, 3.05) is 34.5 Å². The summed E-state index contributed by atoms with van der Waals surface area (Å²) in [5.41, 5.74) is -7.25. The maximum Gasteiger partial charge on any atom is 0.338 e. The molecule has 27 heteroatoms. The highest BCUT2D eigenvalue weighted by atomic mass is 16.8. The van der Waals surface area contributed by atoms with E-state index in [2.05, 4.69) is 6.92 Å². The fourth-order valence-corrected chi connectivity index (χ4v) is 16.9. The van der Waals surface area contributed by atoms with E-state index in [9.17, 15) is 66.1 Å². The standard InChI is InChI=1S/C61H96O27/c1-27-48(34(75-7)22-40(78-27)81-33-16-17-57(5)32(21-33)15-18-60(73)38(57)24-39(84-53(71)31-13-11-10-12-14-31)58(6)59(72,30(4)64)19-20-61(58,60)74)85-41-23-35(76-8)49(28(2)79-41)86-56-47(70)52(77-9)50(29(3)80-56)87-55-46(69)44(67)51(37(26-63)83-55)88-54-45(68)43(66)42(65)36(25-62)82-54/h10-14,27-30,32-52,54-56,62-70,72-74H,15-26H2,1-9H3/t27-,28-,29-,30+,32-,33-,34-,35-,36+,37+,38-,39-,40+,41+,42-,43+,44-,45-,46-,47-,48-,49-,50-,51-,52-,54+,55+,56+,57+,58-,59-,60+,61-/m1/s1. The van der Waals surface area contributed by atoms with E-state index in [1.165, 1.54) is 21.1 Å². The van der Waals surface area contributed by atoms with Gasteiger partial charge in [0.25, 0.3) is 0 Å². The average Bonchev–Trinajstić information content (AvgIpc) is 1.35. The van der Waals surface area contributed by atoms with Crippen LogP contribution in [0.2, 0.25) is 0 Å². The first kappa shape index (κ1) is 68.5. The van der Waals surface area contributed by atoms with Gasteiger partial charge in [-0.05, 0) is 108 Å².